The molecule has 122 valence electrons. The van der Waals surface area contributed by atoms with Crippen LogP contribution in [0.4, 0.5) is 5.69 Å². The van der Waals surface area contributed by atoms with Crippen molar-refractivity contribution >= 4 is 27.5 Å². The standard InChI is InChI=1S/C15H15NO6S/c1-16(23(2,19)20)12-7-5-11(6-8-12)13(17)10-22-15(18)14-4-3-9-21-14/h3-9H,10H2,1-2H3. The van der Waals surface area contributed by atoms with Crippen LogP contribution in [-0.2, 0) is 14.8 Å². The fourth-order valence-electron chi connectivity index (χ4n) is 1.73. The number of hydrogen-bond donors (Lipinski definition) is 0. The van der Waals surface area contributed by atoms with Crippen LogP contribution in [0.1, 0.15) is 20.9 Å². The Morgan fingerprint density at radius 1 is 1.17 bits per heavy atom. The lowest BCUT2D eigenvalue weighted by atomic mass is 10.1. The third-order valence-electron chi connectivity index (χ3n) is 3.11. The van der Waals surface area contributed by atoms with E-state index in [2.05, 4.69) is 0 Å². The minimum absolute atomic E-state index is 0.0166. The van der Waals surface area contributed by atoms with Gasteiger partial charge in [0.25, 0.3) is 0 Å². The van der Waals surface area contributed by atoms with Crippen molar-refractivity contribution in [3.63, 3.8) is 0 Å². The second-order valence-corrected chi connectivity index (χ2v) is 6.77. The number of sulfonamides is 1. The van der Waals surface area contributed by atoms with Crippen LogP contribution < -0.4 is 4.31 Å². The third-order valence-corrected chi connectivity index (χ3v) is 4.31. The monoisotopic (exact) mass is 337 g/mol. The fourth-order valence-corrected chi connectivity index (χ4v) is 2.23. The van der Waals surface area contributed by atoms with Gasteiger partial charge in [0.05, 0.1) is 18.2 Å². The van der Waals surface area contributed by atoms with Crippen molar-refractivity contribution in [1.29, 1.82) is 0 Å². The average molecular weight is 337 g/mol. The SMILES string of the molecule is CN(c1ccc(C(=O)COC(=O)c2ccco2)cc1)S(C)(=O)=O. The first-order valence-electron chi connectivity index (χ1n) is 6.57. The normalized spacial score (nSPS) is 11.0. The lowest BCUT2D eigenvalue weighted by Gasteiger charge is -2.16. The molecule has 0 saturated heterocycles. The Morgan fingerprint density at radius 2 is 1.83 bits per heavy atom. The summed E-state index contributed by atoms with van der Waals surface area (Å²) in [5.74, 6) is -1.11. The molecule has 1 heterocycles. The zero-order valence-corrected chi connectivity index (χ0v) is 13.4. The highest BCUT2D eigenvalue weighted by atomic mass is 32.2. The Bertz CT molecular complexity index is 793. The smallest absolute Gasteiger partial charge is 0.374 e. The maximum atomic E-state index is 12.0. The average Bonchev–Trinajstić information content (AvgIpc) is 3.05. The number of hydrogen-bond acceptors (Lipinski definition) is 6. The molecule has 8 heteroatoms. The van der Waals surface area contributed by atoms with Crippen LogP contribution >= 0.6 is 0 Å². The van der Waals surface area contributed by atoms with Crippen molar-refractivity contribution in [3.05, 3.63) is 54.0 Å². The van der Waals surface area contributed by atoms with Crippen molar-refractivity contribution in [1.82, 2.24) is 0 Å². The molecule has 1 aromatic carbocycles. The summed E-state index contributed by atoms with van der Waals surface area (Å²) < 4.78 is 33.7. The molecule has 0 bridgehead atoms. The van der Waals surface area contributed by atoms with Gasteiger partial charge < -0.3 is 9.15 Å². The minimum Gasteiger partial charge on any atom is -0.457 e. The van der Waals surface area contributed by atoms with Gasteiger partial charge in [0.15, 0.2) is 12.4 Å². The summed E-state index contributed by atoms with van der Waals surface area (Å²) in [7, 11) is -1.95. The zero-order chi connectivity index (χ0) is 17.0. The van der Waals surface area contributed by atoms with Crippen molar-refractivity contribution in [3.8, 4) is 0 Å². The van der Waals surface area contributed by atoms with E-state index in [4.69, 9.17) is 9.15 Å². The van der Waals surface area contributed by atoms with Gasteiger partial charge in [0, 0.05) is 12.6 Å². The van der Waals surface area contributed by atoms with Gasteiger partial charge in [-0.15, -0.1) is 0 Å². The van der Waals surface area contributed by atoms with Gasteiger partial charge in [-0.2, -0.15) is 0 Å². The van der Waals surface area contributed by atoms with E-state index < -0.39 is 28.4 Å². The molecule has 0 aliphatic heterocycles. The van der Waals surface area contributed by atoms with E-state index in [9.17, 15) is 18.0 Å². The molecule has 0 aliphatic rings. The molecular formula is C15H15NO6S. The molecule has 7 nitrogen and oxygen atoms in total. The number of carbonyl (C=O) groups excluding carboxylic acids is 2. The summed E-state index contributed by atoms with van der Waals surface area (Å²) in [5.41, 5.74) is 0.736. The van der Waals surface area contributed by atoms with Crippen molar-refractivity contribution in [2.24, 2.45) is 0 Å². The van der Waals surface area contributed by atoms with Gasteiger partial charge in [-0.05, 0) is 36.4 Å². The summed E-state index contributed by atoms with van der Waals surface area (Å²) in [6.07, 6.45) is 2.41. The Morgan fingerprint density at radius 3 is 2.35 bits per heavy atom. The van der Waals surface area contributed by atoms with Crippen LogP contribution in [0.3, 0.4) is 0 Å². The fraction of sp³-hybridized carbons (Fsp3) is 0.200. The van der Waals surface area contributed by atoms with Gasteiger partial charge >= 0.3 is 5.97 Å². The molecule has 0 N–H and O–H groups in total. The second kappa shape index (κ2) is 6.66. The second-order valence-electron chi connectivity index (χ2n) is 4.75. The number of nitrogens with zero attached hydrogens (tertiary/aromatic N) is 1. The van der Waals surface area contributed by atoms with Gasteiger partial charge in [-0.3, -0.25) is 9.10 Å². The predicted molar refractivity (Wildman–Crippen MR) is 83.0 cm³/mol. The Balaban J connectivity index is 1.99. The molecule has 1 aromatic heterocycles. The van der Waals surface area contributed by atoms with E-state index in [0.717, 1.165) is 10.6 Å². The van der Waals surface area contributed by atoms with Crippen molar-refractivity contribution in [2.45, 2.75) is 0 Å². The summed E-state index contributed by atoms with van der Waals surface area (Å²) in [4.78, 5) is 23.5. The quantitative estimate of drug-likeness (QED) is 0.588. The first-order valence-corrected chi connectivity index (χ1v) is 8.41. The molecule has 0 saturated carbocycles. The number of anilines is 1. The summed E-state index contributed by atoms with van der Waals surface area (Å²) in [6.45, 7) is -0.430. The van der Waals surface area contributed by atoms with Crippen LogP contribution in [0.2, 0.25) is 0 Å². The highest BCUT2D eigenvalue weighted by Gasteiger charge is 2.15. The van der Waals surface area contributed by atoms with E-state index in [1.807, 2.05) is 0 Å². The summed E-state index contributed by atoms with van der Waals surface area (Å²) in [5, 5.41) is 0. The van der Waals surface area contributed by atoms with E-state index in [0.29, 0.717) is 11.3 Å². The largest absolute Gasteiger partial charge is 0.457 e. The van der Waals surface area contributed by atoms with Crippen LogP contribution in [0.15, 0.2) is 47.1 Å². The van der Waals surface area contributed by atoms with Crippen molar-refractivity contribution in [2.75, 3.05) is 24.2 Å². The van der Waals surface area contributed by atoms with E-state index in [-0.39, 0.29) is 5.76 Å². The molecule has 23 heavy (non-hydrogen) atoms. The number of esters is 1. The lowest BCUT2D eigenvalue weighted by molar-refractivity contribution is 0.0444. The van der Waals surface area contributed by atoms with Crippen LogP contribution in [0, 0.1) is 0 Å². The molecule has 0 atom stereocenters. The highest BCUT2D eigenvalue weighted by molar-refractivity contribution is 7.92. The van der Waals surface area contributed by atoms with Crippen LogP contribution in [-0.4, -0.2) is 40.1 Å². The third kappa shape index (κ3) is 4.19. The molecular weight excluding hydrogens is 322 g/mol. The molecule has 0 amide bonds. The predicted octanol–water partition coefficient (Wildman–Crippen LogP) is 1.72. The summed E-state index contributed by atoms with van der Waals surface area (Å²) in [6, 6.07) is 8.92. The Kier molecular flexibility index (Phi) is 4.85. The van der Waals surface area contributed by atoms with Crippen LogP contribution in [0.5, 0.6) is 0 Å². The number of Topliss-reactive ketones (excluding diaryl/α,β-unsaturated/α-hetero) is 1. The number of benzene rings is 1. The molecule has 0 radical (unpaired) electrons. The topological polar surface area (TPSA) is 93.9 Å². The number of ketones is 1. The van der Waals surface area contributed by atoms with Gasteiger partial charge in [0.2, 0.25) is 15.8 Å². The van der Waals surface area contributed by atoms with Crippen LogP contribution in [0.25, 0.3) is 0 Å². The van der Waals surface area contributed by atoms with Gasteiger partial charge in [0.1, 0.15) is 0 Å². The molecule has 0 spiro atoms. The molecule has 0 unspecified atom stereocenters. The number of rotatable bonds is 6. The number of carbonyl (C=O) groups is 2. The maximum absolute atomic E-state index is 12.0. The van der Waals surface area contributed by atoms with Gasteiger partial charge in [-0.1, -0.05) is 0 Å². The number of furan rings is 1. The number of ether oxygens (including phenoxy) is 1. The van der Waals surface area contributed by atoms with E-state index in [1.165, 1.54) is 49.7 Å². The molecule has 2 aromatic rings. The van der Waals surface area contributed by atoms with E-state index in [1.54, 1.807) is 0 Å². The molecule has 0 aliphatic carbocycles. The maximum Gasteiger partial charge on any atom is 0.374 e. The Labute approximate surface area is 133 Å². The first-order chi connectivity index (χ1) is 10.8. The minimum atomic E-state index is -3.37. The van der Waals surface area contributed by atoms with E-state index >= 15 is 0 Å². The van der Waals surface area contributed by atoms with Gasteiger partial charge in [-0.25, -0.2) is 13.2 Å². The van der Waals surface area contributed by atoms with Crippen molar-refractivity contribution < 1.29 is 27.2 Å². The highest BCUT2D eigenvalue weighted by Crippen LogP contribution is 2.16. The Hall–Kier alpha value is -2.61. The molecule has 0 fully saturated rings. The molecule has 2 rings (SSSR count). The lowest BCUT2D eigenvalue weighted by Crippen LogP contribution is -2.24. The summed E-state index contributed by atoms with van der Waals surface area (Å²) >= 11 is 0. The zero-order valence-electron chi connectivity index (χ0n) is 12.6. The first kappa shape index (κ1) is 16.8.